The summed E-state index contributed by atoms with van der Waals surface area (Å²) in [6.07, 6.45) is 1.92. The van der Waals surface area contributed by atoms with Gasteiger partial charge in [-0.15, -0.1) is 11.6 Å². The summed E-state index contributed by atoms with van der Waals surface area (Å²) in [4.78, 5) is 0. The first kappa shape index (κ1) is 14.9. The van der Waals surface area contributed by atoms with E-state index in [9.17, 15) is 0 Å². The molecule has 0 saturated carbocycles. The van der Waals surface area contributed by atoms with Crippen LogP contribution >= 0.6 is 27.5 Å². The maximum absolute atomic E-state index is 6.64. The molecule has 0 radical (unpaired) electrons. The zero-order chi connectivity index (χ0) is 14.8. The van der Waals surface area contributed by atoms with Crippen LogP contribution in [0.2, 0.25) is 0 Å². The highest BCUT2D eigenvalue weighted by atomic mass is 79.9. The summed E-state index contributed by atoms with van der Waals surface area (Å²) in [7, 11) is 0. The van der Waals surface area contributed by atoms with E-state index in [1.807, 2.05) is 18.2 Å². The van der Waals surface area contributed by atoms with Crippen LogP contribution in [0, 0.1) is 5.92 Å². The summed E-state index contributed by atoms with van der Waals surface area (Å²) in [5.41, 5.74) is 3.74. The summed E-state index contributed by atoms with van der Waals surface area (Å²) in [6, 6.07) is 14.6. The molecular weight excluding hydrogens is 348 g/mol. The Bertz CT molecular complexity index is 627. The summed E-state index contributed by atoms with van der Waals surface area (Å²) in [6.45, 7) is 2.99. The predicted molar refractivity (Wildman–Crippen MR) is 91.2 cm³/mol. The molecule has 2 aromatic rings. The van der Waals surface area contributed by atoms with Gasteiger partial charge in [-0.05, 0) is 41.2 Å². The summed E-state index contributed by atoms with van der Waals surface area (Å²) < 4.78 is 6.93. The van der Waals surface area contributed by atoms with Crippen LogP contribution in [-0.2, 0) is 12.8 Å². The number of rotatable bonds is 4. The van der Waals surface area contributed by atoms with E-state index in [-0.39, 0.29) is 5.38 Å². The molecule has 0 saturated heterocycles. The lowest BCUT2D eigenvalue weighted by Crippen LogP contribution is -2.08. The third-order valence-electron chi connectivity index (χ3n) is 3.98. The third kappa shape index (κ3) is 3.27. The SMILES string of the molecule is CC(Cc1cc(Br)cc2c1OCC2)C(Cl)c1ccccc1. The van der Waals surface area contributed by atoms with Gasteiger partial charge in [0.25, 0.3) is 0 Å². The average Bonchev–Trinajstić information content (AvgIpc) is 2.95. The molecule has 2 unspecified atom stereocenters. The molecule has 3 heteroatoms. The minimum Gasteiger partial charge on any atom is -0.493 e. The lowest BCUT2D eigenvalue weighted by atomic mass is 9.92. The molecule has 0 aliphatic carbocycles. The molecule has 1 heterocycles. The van der Waals surface area contributed by atoms with Crippen molar-refractivity contribution >= 4 is 27.5 Å². The molecular formula is C18H18BrClO. The van der Waals surface area contributed by atoms with Gasteiger partial charge in [-0.25, -0.2) is 0 Å². The first-order chi connectivity index (χ1) is 10.1. The van der Waals surface area contributed by atoms with Crippen molar-refractivity contribution in [3.8, 4) is 5.75 Å². The van der Waals surface area contributed by atoms with Crippen molar-refractivity contribution in [3.63, 3.8) is 0 Å². The fourth-order valence-corrected chi connectivity index (χ4v) is 3.70. The Morgan fingerprint density at radius 3 is 2.76 bits per heavy atom. The second-order valence-corrected chi connectivity index (χ2v) is 7.03. The molecule has 0 bridgehead atoms. The van der Waals surface area contributed by atoms with Crippen LogP contribution in [0.25, 0.3) is 0 Å². The number of halogens is 2. The molecule has 0 N–H and O–H groups in total. The quantitative estimate of drug-likeness (QED) is 0.646. The number of hydrogen-bond donors (Lipinski definition) is 0. The normalized spacial score (nSPS) is 16.1. The van der Waals surface area contributed by atoms with Crippen LogP contribution in [0.3, 0.4) is 0 Å². The largest absolute Gasteiger partial charge is 0.493 e. The zero-order valence-electron chi connectivity index (χ0n) is 12.0. The van der Waals surface area contributed by atoms with Crippen LogP contribution in [0.1, 0.15) is 29.0 Å². The number of alkyl halides is 1. The van der Waals surface area contributed by atoms with E-state index in [2.05, 4.69) is 47.1 Å². The monoisotopic (exact) mass is 364 g/mol. The highest BCUT2D eigenvalue weighted by Crippen LogP contribution is 2.37. The Morgan fingerprint density at radius 1 is 1.24 bits per heavy atom. The van der Waals surface area contributed by atoms with E-state index in [4.69, 9.17) is 16.3 Å². The van der Waals surface area contributed by atoms with Crippen LogP contribution in [0.4, 0.5) is 0 Å². The van der Waals surface area contributed by atoms with E-state index in [1.165, 1.54) is 16.7 Å². The Hall–Kier alpha value is -0.990. The van der Waals surface area contributed by atoms with Crippen molar-refractivity contribution in [3.05, 3.63) is 63.6 Å². The molecule has 0 spiro atoms. The van der Waals surface area contributed by atoms with Gasteiger partial charge in [0, 0.05) is 10.9 Å². The molecule has 21 heavy (non-hydrogen) atoms. The van der Waals surface area contributed by atoms with Crippen molar-refractivity contribution in [2.75, 3.05) is 6.61 Å². The van der Waals surface area contributed by atoms with Crippen molar-refractivity contribution in [1.82, 2.24) is 0 Å². The molecule has 0 amide bonds. The Labute approximate surface area is 139 Å². The zero-order valence-corrected chi connectivity index (χ0v) is 14.3. The van der Waals surface area contributed by atoms with Crippen molar-refractivity contribution in [2.24, 2.45) is 5.92 Å². The standard InChI is InChI=1S/C18H18BrClO/c1-12(17(20)13-5-3-2-4-6-13)9-15-11-16(19)10-14-7-8-21-18(14)15/h2-6,10-12,17H,7-9H2,1H3. The maximum atomic E-state index is 6.64. The highest BCUT2D eigenvalue weighted by Gasteiger charge is 2.22. The second kappa shape index (κ2) is 6.41. The van der Waals surface area contributed by atoms with Crippen LogP contribution in [0.15, 0.2) is 46.9 Å². The van der Waals surface area contributed by atoms with E-state index >= 15 is 0 Å². The van der Waals surface area contributed by atoms with Crippen LogP contribution in [0.5, 0.6) is 5.75 Å². The van der Waals surface area contributed by atoms with Crippen LogP contribution < -0.4 is 4.74 Å². The van der Waals surface area contributed by atoms with Gasteiger partial charge in [0.2, 0.25) is 0 Å². The molecule has 1 nitrogen and oxygen atoms in total. The second-order valence-electron chi connectivity index (χ2n) is 5.65. The molecule has 0 fully saturated rings. The van der Waals surface area contributed by atoms with Gasteiger partial charge in [0.05, 0.1) is 12.0 Å². The fraction of sp³-hybridized carbons (Fsp3) is 0.333. The van der Waals surface area contributed by atoms with Gasteiger partial charge in [-0.3, -0.25) is 0 Å². The van der Waals surface area contributed by atoms with Gasteiger partial charge in [-0.2, -0.15) is 0 Å². The van der Waals surface area contributed by atoms with E-state index in [0.29, 0.717) is 5.92 Å². The van der Waals surface area contributed by atoms with Crippen LogP contribution in [-0.4, -0.2) is 6.61 Å². The molecule has 110 valence electrons. The minimum atomic E-state index is 0.0160. The van der Waals surface area contributed by atoms with E-state index in [1.54, 1.807) is 0 Å². The van der Waals surface area contributed by atoms with Crippen molar-refractivity contribution < 1.29 is 4.74 Å². The van der Waals surface area contributed by atoms with E-state index < -0.39 is 0 Å². The Morgan fingerprint density at radius 2 is 2.00 bits per heavy atom. The third-order valence-corrected chi connectivity index (χ3v) is 5.12. The number of ether oxygens (including phenoxy) is 1. The van der Waals surface area contributed by atoms with Gasteiger partial charge in [0.15, 0.2) is 0 Å². The van der Waals surface area contributed by atoms with Gasteiger partial charge >= 0.3 is 0 Å². The maximum Gasteiger partial charge on any atom is 0.125 e. The number of hydrogen-bond acceptors (Lipinski definition) is 1. The smallest absolute Gasteiger partial charge is 0.125 e. The highest BCUT2D eigenvalue weighted by molar-refractivity contribution is 9.10. The van der Waals surface area contributed by atoms with Gasteiger partial charge in [0.1, 0.15) is 5.75 Å². The lowest BCUT2D eigenvalue weighted by Gasteiger charge is -2.20. The molecule has 2 atom stereocenters. The molecule has 3 rings (SSSR count). The first-order valence-corrected chi connectivity index (χ1v) is 8.51. The number of benzene rings is 2. The Kier molecular flexibility index (Phi) is 4.56. The molecule has 1 aliphatic heterocycles. The average molecular weight is 366 g/mol. The topological polar surface area (TPSA) is 9.23 Å². The van der Waals surface area contributed by atoms with E-state index in [0.717, 1.165) is 29.7 Å². The van der Waals surface area contributed by atoms with Crippen molar-refractivity contribution in [2.45, 2.75) is 25.1 Å². The first-order valence-electron chi connectivity index (χ1n) is 7.28. The summed E-state index contributed by atoms with van der Waals surface area (Å²) in [5.74, 6) is 1.42. The Balaban J connectivity index is 1.81. The van der Waals surface area contributed by atoms with Gasteiger partial charge in [-0.1, -0.05) is 53.2 Å². The van der Waals surface area contributed by atoms with Gasteiger partial charge < -0.3 is 4.74 Å². The molecule has 2 aromatic carbocycles. The molecule has 0 aromatic heterocycles. The molecule has 1 aliphatic rings. The lowest BCUT2D eigenvalue weighted by molar-refractivity contribution is 0.351. The number of fused-ring (bicyclic) bond motifs is 1. The van der Waals surface area contributed by atoms with Crippen molar-refractivity contribution in [1.29, 1.82) is 0 Å². The fourth-order valence-electron chi connectivity index (χ4n) is 2.91. The summed E-state index contributed by atoms with van der Waals surface area (Å²) in [5, 5.41) is 0.0160. The summed E-state index contributed by atoms with van der Waals surface area (Å²) >= 11 is 10.2. The minimum absolute atomic E-state index is 0.0160. The predicted octanol–water partition coefficient (Wildman–Crippen LogP) is 5.54.